The highest BCUT2D eigenvalue weighted by Crippen LogP contribution is 2.49. The molecule has 0 saturated heterocycles. The molecule has 0 radical (unpaired) electrons. The Morgan fingerprint density at radius 1 is 0.486 bits per heavy atom. The summed E-state index contributed by atoms with van der Waals surface area (Å²) in [5, 5.41) is 34.0. The molecule has 0 amide bonds. The topological polar surface area (TPSA) is 129 Å². The summed E-state index contributed by atoms with van der Waals surface area (Å²) in [5.74, 6) is 0. The lowest BCUT2D eigenvalue weighted by Gasteiger charge is -2.15. The summed E-state index contributed by atoms with van der Waals surface area (Å²) in [6.07, 6.45) is 0. The minimum atomic E-state index is -0.494. The minimum absolute atomic E-state index is 0.0687. The van der Waals surface area contributed by atoms with Crippen LogP contribution in [0.1, 0.15) is 22.3 Å². The van der Waals surface area contributed by atoms with Crippen LogP contribution < -0.4 is 0 Å². The third-order valence-corrected chi connectivity index (χ3v) is 5.95. The third kappa shape index (κ3) is 3.70. The van der Waals surface area contributed by atoms with Gasteiger partial charge in [0.25, 0.3) is 17.1 Å². The maximum atomic E-state index is 11.6. The van der Waals surface area contributed by atoms with Crippen LogP contribution in [-0.2, 0) is 0 Å². The largest absolute Gasteiger partial charge is 0.270 e. The number of hydrogen-bond acceptors (Lipinski definition) is 6. The molecular formula is C26H15N3O6. The number of fused-ring (bicyclic) bond motifs is 3. The zero-order valence-corrected chi connectivity index (χ0v) is 18.0. The summed E-state index contributed by atoms with van der Waals surface area (Å²) >= 11 is 0. The van der Waals surface area contributed by atoms with Crippen LogP contribution in [0, 0.1) is 30.3 Å². The lowest BCUT2D eigenvalue weighted by atomic mass is 9.88. The van der Waals surface area contributed by atoms with Crippen LogP contribution in [0.4, 0.5) is 17.1 Å². The quantitative estimate of drug-likeness (QED) is 0.218. The van der Waals surface area contributed by atoms with E-state index in [1.807, 2.05) is 24.3 Å². The van der Waals surface area contributed by atoms with Gasteiger partial charge >= 0.3 is 0 Å². The highest BCUT2D eigenvalue weighted by molar-refractivity contribution is 6.13. The Balaban J connectivity index is 1.86. The maximum Gasteiger partial charge on any atom is 0.270 e. The van der Waals surface area contributed by atoms with Gasteiger partial charge in [-0.05, 0) is 74.9 Å². The van der Waals surface area contributed by atoms with Crippen molar-refractivity contribution in [1.82, 2.24) is 0 Å². The molecule has 170 valence electrons. The van der Waals surface area contributed by atoms with E-state index in [-0.39, 0.29) is 17.1 Å². The Labute approximate surface area is 198 Å². The Kier molecular flexibility index (Phi) is 5.14. The molecule has 4 aromatic rings. The molecule has 9 heteroatoms. The van der Waals surface area contributed by atoms with Crippen LogP contribution >= 0.6 is 0 Å². The zero-order chi connectivity index (χ0) is 24.7. The number of rotatable bonds is 5. The highest BCUT2D eigenvalue weighted by Gasteiger charge is 2.29. The summed E-state index contributed by atoms with van der Waals surface area (Å²) in [7, 11) is 0. The van der Waals surface area contributed by atoms with Crippen molar-refractivity contribution in [2.24, 2.45) is 0 Å². The van der Waals surface area contributed by atoms with Gasteiger partial charge in [0, 0.05) is 36.4 Å². The number of nitro groups is 3. The number of nitrogens with zero attached hydrogens (tertiary/aromatic N) is 3. The average molecular weight is 465 g/mol. The molecule has 0 bridgehead atoms. The van der Waals surface area contributed by atoms with Crippen molar-refractivity contribution >= 4 is 28.2 Å². The molecule has 0 aliphatic heterocycles. The lowest BCUT2D eigenvalue weighted by molar-refractivity contribution is -0.385. The fourth-order valence-corrected chi connectivity index (χ4v) is 4.39. The summed E-state index contributed by atoms with van der Waals surface area (Å²) in [6.45, 7) is 0. The first-order valence-electron chi connectivity index (χ1n) is 10.5. The van der Waals surface area contributed by atoms with E-state index in [1.165, 1.54) is 36.4 Å². The lowest BCUT2D eigenvalue weighted by Crippen LogP contribution is -1.97. The fourth-order valence-electron chi connectivity index (χ4n) is 4.39. The number of hydrogen-bond donors (Lipinski definition) is 0. The summed E-state index contributed by atoms with van der Waals surface area (Å²) in [5.41, 5.74) is 5.61. The number of nitro benzene ring substituents is 3. The van der Waals surface area contributed by atoms with Crippen molar-refractivity contribution in [1.29, 1.82) is 0 Å². The molecule has 0 unspecified atom stereocenters. The first kappa shape index (κ1) is 21.7. The zero-order valence-electron chi connectivity index (χ0n) is 18.0. The molecule has 0 heterocycles. The van der Waals surface area contributed by atoms with Crippen LogP contribution in [0.3, 0.4) is 0 Å². The number of benzene rings is 4. The molecule has 5 rings (SSSR count). The monoisotopic (exact) mass is 465 g/mol. The summed E-state index contributed by atoms with van der Waals surface area (Å²) < 4.78 is 0. The van der Waals surface area contributed by atoms with Crippen LogP contribution in [0.2, 0.25) is 0 Å². The third-order valence-electron chi connectivity index (χ3n) is 5.95. The average Bonchev–Trinajstić information content (AvgIpc) is 3.18. The predicted molar refractivity (Wildman–Crippen MR) is 130 cm³/mol. The second-order valence-electron chi connectivity index (χ2n) is 7.89. The van der Waals surface area contributed by atoms with Gasteiger partial charge in [-0.25, -0.2) is 0 Å². The summed E-state index contributed by atoms with van der Waals surface area (Å²) in [4.78, 5) is 32.5. The van der Waals surface area contributed by atoms with Crippen LogP contribution in [0.25, 0.3) is 22.3 Å². The van der Waals surface area contributed by atoms with Crippen molar-refractivity contribution in [2.75, 3.05) is 0 Å². The molecule has 35 heavy (non-hydrogen) atoms. The second kappa shape index (κ2) is 8.31. The normalized spacial score (nSPS) is 11.5. The standard InChI is InChI=1S/C26H15N3O6/c30-27(31)18-9-5-16(6-10-18)25(17-7-11-19(12-8-17)28(32)33)26-23-4-2-1-3-21(23)22-14-13-20(29(34)35)15-24(22)26/h1-15H. The van der Waals surface area contributed by atoms with Gasteiger partial charge in [0.2, 0.25) is 0 Å². The Bertz CT molecular complexity index is 1500. The molecule has 0 saturated carbocycles. The van der Waals surface area contributed by atoms with Gasteiger partial charge in [0.05, 0.1) is 14.8 Å². The van der Waals surface area contributed by atoms with Gasteiger partial charge < -0.3 is 0 Å². The van der Waals surface area contributed by atoms with E-state index in [2.05, 4.69) is 0 Å². The molecule has 0 spiro atoms. The molecule has 9 nitrogen and oxygen atoms in total. The van der Waals surface area contributed by atoms with Gasteiger partial charge in [-0.1, -0.05) is 24.3 Å². The first-order valence-corrected chi connectivity index (χ1v) is 10.5. The van der Waals surface area contributed by atoms with Crippen LogP contribution in [0.15, 0.2) is 91.0 Å². The van der Waals surface area contributed by atoms with Gasteiger partial charge in [-0.3, -0.25) is 30.3 Å². The summed E-state index contributed by atoms with van der Waals surface area (Å²) in [6, 6.07) is 24.2. The first-order chi connectivity index (χ1) is 16.8. The predicted octanol–water partition coefficient (Wildman–Crippen LogP) is 6.40. The molecule has 1 aliphatic rings. The molecule has 4 aromatic carbocycles. The van der Waals surface area contributed by atoms with Crippen molar-refractivity contribution in [3.8, 4) is 11.1 Å². The Hall–Kier alpha value is -5.18. The van der Waals surface area contributed by atoms with E-state index >= 15 is 0 Å². The highest BCUT2D eigenvalue weighted by atomic mass is 16.6. The van der Waals surface area contributed by atoms with Gasteiger partial charge in [0.15, 0.2) is 0 Å². The van der Waals surface area contributed by atoms with E-state index in [0.717, 1.165) is 16.7 Å². The van der Waals surface area contributed by atoms with E-state index in [4.69, 9.17) is 0 Å². The van der Waals surface area contributed by atoms with Gasteiger partial charge in [-0.15, -0.1) is 0 Å². The molecule has 0 fully saturated rings. The molecule has 0 atom stereocenters. The van der Waals surface area contributed by atoms with Gasteiger partial charge in [0.1, 0.15) is 0 Å². The van der Waals surface area contributed by atoms with Crippen LogP contribution in [0.5, 0.6) is 0 Å². The van der Waals surface area contributed by atoms with Crippen LogP contribution in [-0.4, -0.2) is 14.8 Å². The van der Waals surface area contributed by atoms with E-state index in [1.54, 1.807) is 30.3 Å². The van der Waals surface area contributed by atoms with Crippen molar-refractivity contribution in [2.45, 2.75) is 0 Å². The maximum absolute atomic E-state index is 11.6. The van der Waals surface area contributed by atoms with Crippen molar-refractivity contribution in [3.05, 3.63) is 144 Å². The molecule has 1 aliphatic carbocycles. The number of non-ortho nitro benzene ring substituents is 3. The Morgan fingerprint density at radius 3 is 1.40 bits per heavy atom. The van der Waals surface area contributed by atoms with Crippen molar-refractivity contribution in [3.63, 3.8) is 0 Å². The SMILES string of the molecule is O=[N+]([O-])c1ccc(C(=C2c3ccccc3-c3ccc([N+](=O)[O-])cc32)c2ccc([N+](=O)[O-])cc2)cc1. The molecule has 0 aromatic heterocycles. The van der Waals surface area contributed by atoms with E-state index < -0.39 is 14.8 Å². The smallest absolute Gasteiger partial charge is 0.258 e. The molecular weight excluding hydrogens is 450 g/mol. The van der Waals surface area contributed by atoms with E-state index in [0.29, 0.717) is 27.8 Å². The Morgan fingerprint density at radius 2 is 0.914 bits per heavy atom. The minimum Gasteiger partial charge on any atom is -0.258 e. The second-order valence-corrected chi connectivity index (χ2v) is 7.89. The molecule has 0 N–H and O–H groups in total. The van der Waals surface area contributed by atoms with Crippen molar-refractivity contribution < 1.29 is 14.8 Å². The van der Waals surface area contributed by atoms with Gasteiger partial charge in [-0.2, -0.15) is 0 Å². The fraction of sp³-hybridized carbons (Fsp3) is 0. The van der Waals surface area contributed by atoms with E-state index in [9.17, 15) is 30.3 Å².